The third-order valence-electron chi connectivity index (χ3n) is 3.06. The molecule has 21 heavy (non-hydrogen) atoms. The summed E-state index contributed by atoms with van der Waals surface area (Å²) < 4.78 is 10.5. The summed E-state index contributed by atoms with van der Waals surface area (Å²) in [5.41, 5.74) is 1.12. The van der Waals surface area contributed by atoms with Crippen molar-refractivity contribution < 1.29 is 14.1 Å². The molecular weight excluding hydrogens is 319 g/mol. The molecule has 0 atom stereocenters. The van der Waals surface area contributed by atoms with E-state index in [1.54, 1.807) is 6.07 Å². The second kappa shape index (κ2) is 6.87. The van der Waals surface area contributed by atoms with Crippen molar-refractivity contribution in [2.75, 3.05) is 36.9 Å². The first-order valence-corrected chi connectivity index (χ1v) is 7.31. The number of nitrogens with zero attached hydrogens (tertiary/aromatic N) is 2. The van der Waals surface area contributed by atoms with Crippen LogP contribution in [0.25, 0.3) is 11.0 Å². The lowest BCUT2D eigenvalue weighted by molar-refractivity contribution is -0.401. The Morgan fingerprint density at radius 3 is 2.52 bits per heavy atom. The molecule has 0 amide bonds. The molecule has 0 aliphatic carbocycles. The Morgan fingerprint density at radius 1 is 1.33 bits per heavy atom. The minimum atomic E-state index is -0.573. The first kappa shape index (κ1) is 15.7. The van der Waals surface area contributed by atoms with Crippen molar-refractivity contribution in [1.29, 1.82) is 0 Å². The van der Waals surface area contributed by atoms with Crippen molar-refractivity contribution in [1.82, 2.24) is 0 Å². The van der Waals surface area contributed by atoms with E-state index in [9.17, 15) is 10.1 Å². The molecule has 0 bridgehead atoms. The summed E-state index contributed by atoms with van der Waals surface area (Å²) in [7, 11) is 1.48. The highest BCUT2D eigenvalue weighted by Gasteiger charge is 2.21. The van der Waals surface area contributed by atoms with Gasteiger partial charge in [0.05, 0.1) is 18.6 Å². The zero-order valence-electron chi connectivity index (χ0n) is 11.3. The maximum Gasteiger partial charge on any atom is 0.434 e. The highest BCUT2D eigenvalue weighted by Crippen LogP contribution is 2.38. The first-order valence-electron chi connectivity index (χ1n) is 6.24. The van der Waals surface area contributed by atoms with Gasteiger partial charge in [0.25, 0.3) is 0 Å². The van der Waals surface area contributed by atoms with Crippen molar-refractivity contribution >= 4 is 45.7 Å². The second-order valence-electron chi connectivity index (χ2n) is 4.24. The van der Waals surface area contributed by atoms with E-state index in [2.05, 4.69) is 0 Å². The Balaban J connectivity index is 2.60. The van der Waals surface area contributed by atoms with Crippen LogP contribution in [0.2, 0.25) is 0 Å². The lowest BCUT2D eigenvalue weighted by Gasteiger charge is -2.23. The number of rotatable bonds is 7. The summed E-state index contributed by atoms with van der Waals surface area (Å²) in [4.78, 5) is 12.3. The van der Waals surface area contributed by atoms with Gasteiger partial charge in [0.2, 0.25) is 0 Å². The summed E-state index contributed by atoms with van der Waals surface area (Å²) in [6.45, 7) is 1.16. The molecule has 0 spiro atoms. The molecule has 0 saturated heterocycles. The van der Waals surface area contributed by atoms with Crippen LogP contribution in [0.4, 0.5) is 11.6 Å². The number of fused-ring (bicyclic) bond motifs is 1. The molecule has 2 aromatic rings. The molecular formula is C13H14Cl2N2O4. The van der Waals surface area contributed by atoms with Gasteiger partial charge in [-0.15, -0.1) is 23.2 Å². The molecule has 1 aromatic heterocycles. The summed E-state index contributed by atoms with van der Waals surface area (Å²) in [5, 5.41) is 11.5. The largest absolute Gasteiger partial charge is 0.493 e. The van der Waals surface area contributed by atoms with Crippen molar-refractivity contribution in [2.45, 2.75) is 0 Å². The molecule has 0 saturated carbocycles. The number of ether oxygens (including phenoxy) is 1. The van der Waals surface area contributed by atoms with Crippen LogP contribution >= 0.6 is 23.2 Å². The minimum absolute atomic E-state index is 0.326. The number of nitro groups is 1. The second-order valence-corrected chi connectivity index (χ2v) is 4.99. The highest BCUT2D eigenvalue weighted by atomic mass is 35.5. The smallest absolute Gasteiger partial charge is 0.434 e. The van der Waals surface area contributed by atoms with E-state index in [0.717, 1.165) is 5.69 Å². The number of hydrogen-bond acceptors (Lipinski definition) is 5. The van der Waals surface area contributed by atoms with E-state index in [1.165, 1.54) is 13.2 Å². The lowest BCUT2D eigenvalue weighted by Crippen LogP contribution is -2.27. The van der Waals surface area contributed by atoms with Gasteiger partial charge in [-0.1, -0.05) is 0 Å². The van der Waals surface area contributed by atoms with Crippen LogP contribution in [0.3, 0.4) is 0 Å². The quantitative estimate of drug-likeness (QED) is 0.440. The Kier molecular flexibility index (Phi) is 5.14. The van der Waals surface area contributed by atoms with Crippen molar-refractivity contribution in [3.8, 4) is 5.75 Å². The monoisotopic (exact) mass is 332 g/mol. The van der Waals surface area contributed by atoms with Gasteiger partial charge in [0.1, 0.15) is 4.92 Å². The normalized spacial score (nSPS) is 10.8. The SMILES string of the molecule is COc1ccc(N(CCCl)CCCl)c2cc([N+](=O)[O-])oc12. The van der Waals surface area contributed by atoms with Crippen LogP contribution in [-0.4, -0.2) is 36.9 Å². The number of benzene rings is 1. The first-order chi connectivity index (χ1) is 10.1. The van der Waals surface area contributed by atoms with Gasteiger partial charge in [-0.25, -0.2) is 0 Å². The zero-order chi connectivity index (χ0) is 15.4. The average Bonchev–Trinajstić information content (AvgIpc) is 2.91. The maximum atomic E-state index is 10.9. The third-order valence-corrected chi connectivity index (χ3v) is 3.40. The third kappa shape index (κ3) is 3.16. The topological polar surface area (TPSA) is 68.8 Å². The molecule has 1 aromatic carbocycles. The molecule has 0 unspecified atom stereocenters. The molecule has 6 nitrogen and oxygen atoms in total. The predicted octanol–water partition coefficient (Wildman–Crippen LogP) is 3.63. The number of hydrogen-bond donors (Lipinski definition) is 0. The number of methoxy groups -OCH3 is 1. The Hall–Kier alpha value is -1.66. The number of anilines is 1. The van der Waals surface area contributed by atoms with E-state index in [1.807, 2.05) is 11.0 Å². The highest BCUT2D eigenvalue weighted by molar-refractivity contribution is 6.18. The van der Waals surface area contributed by atoms with Crippen LogP contribution in [-0.2, 0) is 0 Å². The predicted molar refractivity (Wildman–Crippen MR) is 83.1 cm³/mol. The number of furan rings is 1. The van der Waals surface area contributed by atoms with Gasteiger partial charge >= 0.3 is 5.88 Å². The molecule has 0 fully saturated rings. The van der Waals surface area contributed by atoms with Crippen molar-refractivity contribution in [3.05, 3.63) is 28.3 Å². The summed E-state index contributed by atoms with van der Waals surface area (Å²) in [6.07, 6.45) is 0. The molecule has 0 radical (unpaired) electrons. The minimum Gasteiger partial charge on any atom is -0.493 e. The Morgan fingerprint density at radius 2 is 2.00 bits per heavy atom. The van der Waals surface area contributed by atoms with Crippen LogP contribution in [0, 0.1) is 10.1 Å². The van der Waals surface area contributed by atoms with Gasteiger partial charge in [-0.3, -0.25) is 10.1 Å². The van der Waals surface area contributed by atoms with E-state index < -0.39 is 4.92 Å². The molecule has 2 rings (SSSR count). The van der Waals surface area contributed by atoms with E-state index in [-0.39, 0.29) is 5.88 Å². The summed E-state index contributed by atoms with van der Waals surface area (Å²) in [5.74, 6) is 0.959. The van der Waals surface area contributed by atoms with Crippen molar-refractivity contribution in [3.63, 3.8) is 0 Å². The number of halogens is 2. The number of alkyl halides is 2. The molecule has 0 aliphatic heterocycles. The molecule has 114 valence electrons. The fraction of sp³-hybridized carbons (Fsp3) is 0.385. The molecule has 0 N–H and O–H groups in total. The molecule has 8 heteroatoms. The van der Waals surface area contributed by atoms with E-state index in [4.69, 9.17) is 32.4 Å². The van der Waals surface area contributed by atoms with Crippen LogP contribution in [0.15, 0.2) is 22.6 Å². The fourth-order valence-electron chi connectivity index (χ4n) is 2.15. The Labute approximate surface area is 131 Å². The lowest BCUT2D eigenvalue weighted by atomic mass is 10.2. The van der Waals surface area contributed by atoms with Gasteiger partial charge in [0.15, 0.2) is 11.3 Å². The maximum absolute atomic E-state index is 10.9. The van der Waals surface area contributed by atoms with Crippen LogP contribution < -0.4 is 9.64 Å². The standard InChI is InChI=1S/C13H14Cl2N2O4/c1-20-11-3-2-10(16(6-4-14)7-5-15)9-8-12(17(18)19)21-13(9)11/h2-3,8H,4-7H2,1H3. The summed E-state index contributed by atoms with van der Waals surface area (Å²) in [6, 6.07) is 4.92. The zero-order valence-corrected chi connectivity index (χ0v) is 12.9. The van der Waals surface area contributed by atoms with Crippen LogP contribution in [0.1, 0.15) is 0 Å². The average molecular weight is 333 g/mol. The van der Waals surface area contributed by atoms with Crippen LogP contribution in [0.5, 0.6) is 5.75 Å². The van der Waals surface area contributed by atoms with Gasteiger partial charge < -0.3 is 14.1 Å². The van der Waals surface area contributed by atoms with E-state index in [0.29, 0.717) is 41.6 Å². The summed E-state index contributed by atoms with van der Waals surface area (Å²) >= 11 is 11.6. The molecule has 0 aliphatic rings. The van der Waals surface area contributed by atoms with Crippen molar-refractivity contribution in [2.24, 2.45) is 0 Å². The Bertz CT molecular complexity index is 638. The van der Waals surface area contributed by atoms with Gasteiger partial charge in [-0.2, -0.15) is 0 Å². The van der Waals surface area contributed by atoms with E-state index >= 15 is 0 Å². The van der Waals surface area contributed by atoms with Gasteiger partial charge in [-0.05, 0) is 12.1 Å². The fourth-order valence-corrected chi connectivity index (χ4v) is 2.56. The van der Waals surface area contributed by atoms with Gasteiger partial charge in [0, 0.05) is 30.5 Å². The molecule has 1 heterocycles.